The van der Waals surface area contributed by atoms with Gasteiger partial charge in [0.15, 0.2) is 0 Å². The molecule has 80 valence electrons. The third kappa shape index (κ3) is 2.97. The zero-order chi connectivity index (χ0) is 10.6. The highest BCUT2D eigenvalue weighted by atomic mass is 19.1. The molecule has 0 amide bonds. The quantitative estimate of drug-likeness (QED) is 0.629. The molecule has 0 aromatic heterocycles. The normalized spacial score (nSPS) is 24.9. The molecule has 1 aliphatic rings. The Morgan fingerprint density at radius 2 is 2.36 bits per heavy atom. The molecule has 2 atom stereocenters. The van der Waals surface area contributed by atoms with Crippen LogP contribution in [0, 0.1) is 11.8 Å². The van der Waals surface area contributed by atoms with Gasteiger partial charge in [-0.15, -0.1) is 0 Å². The van der Waals surface area contributed by atoms with Crippen LogP contribution in [-0.4, -0.2) is 6.67 Å². The topological polar surface area (TPSA) is 0 Å². The second-order valence-corrected chi connectivity index (χ2v) is 4.64. The van der Waals surface area contributed by atoms with Crippen molar-refractivity contribution < 1.29 is 4.39 Å². The van der Waals surface area contributed by atoms with Crippen molar-refractivity contribution in [3.05, 3.63) is 23.8 Å². The summed E-state index contributed by atoms with van der Waals surface area (Å²) >= 11 is 0. The van der Waals surface area contributed by atoms with Crippen LogP contribution in [0.3, 0.4) is 0 Å². The van der Waals surface area contributed by atoms with Crippen LogP contribution in [0.2, 0.25) is 0 Å². The van der Waals surface area contributed by atoms with Crippen LogP contribution < -0.4 is 0 Å². The largest absolute Gasteiger partial charge is 0.251 e. The van der Waals surface area contributed by atoms with E-state index >= 15 is 0 Å². The Kier molecular flexibility index (Phi) is 4.37. The summed E-state index contributed by atoms with van der Waals surface area (Å²) in [5.74, 6) is 0.945. The molecule has 0 heterocycles. The van der Waals surface area contributed by atoms with E-state index in [1.54, 1.807) is 0 Å². The van der Waals surface area contributed by atoms with Crippen molar-refractivity contribution in [1.82, 2.24) is 0 Å². The molecule has 0 saturated carbocycles. The SMILES string of the molecule is C=CC1=C(CC(C)CF)CCC(C)C1. The molecule has 1 aliphatic carbocycles. The maximum atomic E-state index is 12.4. The maximum absolute atomic E-state index is 12.4. The van der Waals surface area contributed by atoms with Crippen molar-refractivity contribution in [2.75, 3.05) is 6.67 Å². The molecule has 0 spiro atoms. The van der Waals surface area contributed by atoms with Crippen molar-refractivity contribution >= 4 is 0 Å². The Balaban J connectivity index is 2.67. The van der Waals surface area contributed by atoms with Gasteiger partial charge in [0.25, 0.3) is 0 Å². The van der Waals surface area contributed by atoms with Gasteiger partial charge >= 0.3 is 0 Å². The molecule has 0 radical (unpaired) electrons. The summed E-state index contributed by atoms with van der Waals surface area (Å²) in [7, 11) is 0. The highest BCUT2D eigenvalue weighted by Crippen LogP contribution is 2.33. The molecule has 0 aliphatic heterocycles. The zero-order valence-corrected chi connectivity index (χ0v) is 9.35. The fraction of sp³-hybridized carbons (Fsp3) is 0.692. The van der Waals surface area contributed by atoms with Crippen LogP contribution in [0.25, 0.3) is 0 Å². The summed E-state index contributed by atoms with van der Waals surface area (Å²) in [5, 5.41) is 0. The highest BCUT2D eigenvalue weighted by Gasteiger charge is 2.17. The first-order valence-corrected chi connectivity index (χ1v) is 5.56. The van der Waals surface area contributed by atoms with E-state index in [4.69, 9.17) is 0 Å². The minimum Gasteiger partial charge on any atom is -0.251 e. The van der Waals surface area contributed by atoms with Crippen LogP contribution in [-0.2, 0) is 0 Å². The summed E-state index contributed by atoms with van der Waals surface area (Å²) < 4.78 is 12.4. The van der Waals surface area contributed by atoms with Gasteiger partial charge in [0, 0.05) is 0 Å². The minimum atomic E-state index is -0.205. The molecule has 0 N–H and O–H groups in total. The van der Waals surface area contributed by atoms with Gasteiger partial charge in [-0.25, -0.2) is 0 Å². The Morgan fingerprint density at radius 1 is 1.64 bits per heavy atom. The molecule has 0 bridgehead atoms. The number of halogens is 1. The van der Waals surface area contributed by atoms with E-state index in [1.165, 1.54) is 17.6 Å². The lowest BCUT2D eigenvalue weighted by Crippen LogP contribution is -2.09. The number of rotatable bonds is 4. The van der Waals surface area contributed by atoms with Crippen molar-refractivity contribution in [2.24, 2.45) is 11.8 Å². The zero-order valence-electron chi connectivity index (χ0n) is 9.35. The summed E-state index contributed by atoms with van der Waals surface area (Å²) in [5.41, 5.74) is 2.83. The lowest BCUT2D eigenvalue weighted by Gasteiger charge is -2.24. The smallest absolute Gasteiger partial charge is 0.0923 e. The van der Waals surface area contributed by atoms with Crippen LogP contribution in [0.1, 0.15) is 39.5 Å². The molecule has 1 rings (SSSR count). The molecule has 0 nitrogen and oxygen atoms in total. The number of hydrogen-bond donors (Lipinski definition) is 0. The van der Waals surface area contributed by atoms with Gasteiger partial charge < -0.3 is 0 Å². The van der Waals surface area contributed by atoms with E-state index in [9.17, 15) is 4.39 Å². The predicted molar refractivity (Wildman–Crippen MR) is 60.0 cm³/mol. The molecule has 1 heteroatoms. The molecular formula is C13H21F. The van der Waals surface area contributed by atoms with Crippen LogP contribution in [0.5, 0.6) is 0 Å². The Hall–Kier alpha value is -0.590. The molecule has 0 saturated heterocycles. The highest BCUT2D eigenvalue weighted by molar-refractivity contribution is 5.27. The van der Waals surface area contributed by atoms with Crippen LogP contribution in [0.15, 0.2) is 23.8 Å². The first kappa shape index (κ1) is 11.5. The summed E-state index contributed by atoms with van der Waals surface area (Å²) in [4.78, 5) is 0. The second kappa shape index (κ2) is 5.33. The van der Waals surface area contributed by atoms with Gasteiger partial charge in [-0.05, 0) is 43.1 Å². The Morgan fingerprint density at radius 3 is 2.93 bits per heavy atom. The molecule has 2 unspecified atom stereocenters. The van der Waals surface area contributed by atoms with Crippen molar-refractivity contribution in [1.29, 1.82) is 0 Å². The van der Waals surface area contributed by atoms with Crippen molar-refractivity contribution in [3.8, 4) is 0 Å². The van der Waals surface area contributed by atoms with Crippen molar-refractivity contribution in [3.63, 3.8) is 0 Å². The Bertz CT molecular complexity index is 227. The van der Waals surface area contributed by atoms with E-state index in [1.807, 2.05) is 13.0 Å². The van der Waals surface area contributed by atoms with Gasteiger partial charge in [-0.2, -0.15) is 0 Å². The number of alkyl halides is 1. The average Bonchev–Trinajstić information content (AvgIpc) is 2.20. The van der Waals surface area contributed by atoms with Crippen LogP contribution in [0.4, 0.5) is 4.39 Å². The molecular weight excluding hydrogens is 175 g/mol. The van der Waals surface area contributed by atoms with Crippen LogP contribution >= 0.6 is 0 Å². The summed E-state index contributed by atoms with van der Waals surface area (Å²) in [6, 6.07) is 0. The lowest BCUT2D eigenvalue weighted by molar-refractivity contribution is 0.371. The second-order valence-electron chi connectivity index (χ2n) is 4.64. The fourth-order valence-corrected chi connectivity index (χ4v) is 2.14. The summed E-state index contributed by atoms with van der Waals surface area (Å²) in [6.45, 7) is 7.90. The molecule has 0 fully saturated rings. The van der Waals surface area contributed by atoms with E-state index < -0.39 is 0 Å². The standard InChI is InChI=1S/C13H21F/c1-4-12-7-10(2)5-6-13(12)8-11(3)9-14/h4,10-11H,1,5-9H2,2-3H3. The van der Waals surface area contributed by atoms with E-state index in [0.717, 1.165) is 25.2 Å². The van der Waals surface area contributed by atoms with Gasteiger partial charge in [0.1, 0.15) is 0 Å². The van der Waals surface area contributed by atoms with E-state index in [-0.39, 0.29) is 12.6 Å². The fourth-order valence-electron chi connectivity index (χ4n) is 2.14. The van der Waals surface area contributed by atoms with Gasteiger partial charge in [0.05, 0.1) is 6.67 Å². The van der Waals surface area contributed by atoms with E-state index in [0.29, 0.717) is 0 Å². The Labute approximate surface area is 86.9 Å². The third-order valence-corrected chi connectivity index (χ3v) is 3.07. The molecule has 0 aromatic carbocycles. The predicted octanol–water partition coefficient (Wildman–Crippen LogP) is 4.28. The minimum absolute atomic E-state index is 0.174. The number of allylic oxidation sites excluding steroid dienone is 3. The average molecular weight is 196 g/mol. The van der Waals surface area contributed by atoms with E-state index in [2.05, 4.69) is 13.5 Å². The monoisotopic (exact) mass is 196 g/mol. The van der Waals surface area contributed by atoms with Gasteiger partial charge in [0.2, 0.25) is 0 Å². The first-order valence-electron chi connectivity index (χ1n) is 5.56. The lowest BCUT2D eigenvalue weighted by atomic mass is 9.82. The first-order chi connectivity index (χ1) is 6.67. The van der Waals surface area contributed by atoms with Gasteiger partial charge in [-0.1, -0.05) is 32.1 Å². The molecule has 0 aromatic rings. The van der Waals surface area contributed by atoms with Gasteiger partial charge in [-0.3, -0.25) is 4.39 Å². The number of hydrogen-bond acceptors (Lipinski definition) is 0. The summed E-state index contributed by atoms with van der Waals surface area (Å²) in [6.07, 6.45) is 6.43. The van der Waals surface area contributed by atoms with Crippen molar-refractivity contribution in [2.45, 2.75) is 39.5 Å². The third-order valence-electron chi connectivity index (χ3n) is 3.07. The molecule has 14 heavy (non-hydrogen) atoms. The maximum Gasteiger partial charge on any atom is 0.0923 e.